The molecule has 4 heteroatoms. The van der Waals surface area contributed by atoms with Crippen molar-refractivity contribution >= 4 is 12.1 Å². The van der Waals surface area contributed by atoms with Gasteiger partial charge in [0, 0.05) is 23.9 Å². The van der Waals surface area contributed by atoms with E-state index in [1.807, 2.05) is 54.7 Å². The number of carbonyl (C=O) groups excluding carboxylic acids is 1. The first-order valence-electron chi connectivity index (χ1n) is 7.80. The van der Waals surface area contributed by atoms with Crippen LogP contribution in [-0.4, -0.2) is 30.2 Å². The Balaban J connectivity index is 0.000000829. The number of fused-ring (bicyclic) bond motifs is 1. The zero-order valence-corrected chi connectivity index (χ0v) is 14.1. The van der Waals surface area contributed by atoms with Crippen LogP contribution in [0.5, 0.6) is 0 Å². The summed E-state index contributed by atoms with van der Waals surface area (Å²) in [6, 6.07) is 0.334. The van der Waals surface area contributed by atoms with Gasteiger partial charge in [-0.1, -0.05) is 47.6 Å². The van der Waals surface area contributed by atoms with Gasteiger partial charge in [0.2, 0.25) is 5.91 Å². The minimum absolute atomic E-state index is 0.0515. The van der Waals surface area contributed by atoms with Gasteiger partial charge in [0.1, 0.15) is 0 Å². The molecule has 2 atom stereocenters. The third-order valence-electron chi connectivity index (χ3n) is 3.04. The highest BCUT2D eigenvalue weighted by atomic mass is 16.2. The first-order valence-corrected chi connectivity index (χ1v) is 7.80. The summed E-state index contributed by atoms with van der Waals surface area (Å²) in [6.45, 7) is 14.4. The van der Waals surface area contributed by atoms with Crippen molar-refractivity contribution in [3.05, 3.63) is 11.8 Å². The first-order chi connectivity index (χ1) is 9.52. The SMILES string of the molecule is CC.CC.CC1=CC2CC2(NC(=O)CNC(C)C)C=N1. The third-order valence-corrected chi connectivity index (χ3v) is 3.04. The summed E-state index contributed by atoms with van der Waals surface area (Å²) in [4.78, 5) is 15.9. The van der Waals surface area contributed by atoms with Crippen LogP contribution in [-0.2, 0) is 4.79 Å². The van der Waals surface area contributed by atoms with Crippen molar-refractivity contribution in [3.63, 3.8) is 0 Å². The average Bonchev–Trinajstić information content (AvgIpc) is 3.14. The first kappa shape index (κ1) is 18.8. The number of amides is 1. The number of aliphatic imine (C=N–C) groups is 1. The Labute approximate surface area is 124 Å². The summed E-state index contributed by atoms with van der Waals surface area (Å²) < 4.78 is 0. The number of carbonyl (C=O) groups is 1. The van der Waals surface area contributed by atoms with Crippen molar-refractivity contribution in [1.29, 1.82) is 0 Å². The minimum Gasteiger partial charge on any atom is -0.344 e. The maximum Gasteiger partial charge on any atom is 0.234 e. The number of hydrogen-bond acceptors (Lipinski definition) is 3. The number of rotatable bonds is 4. The molecule has 2 N–H and O–H groups in total. The number of allylic oxidation sites excluding steroid dienone is 1. The van der Waals surface area contributed by atoms with E-state index in [2.05, 4.69) is 21.7 Å². The van der Waals surface area contributed by atoms with Gasteiger partial charge in [0.25, 0.3) is 0 Å². The van der Waals surface area contributed by atoms with Gasteiger partial charge in [-0.2, -0.15) is 0 Å². The van der Waals surface area contributed by atoms with E-state index in [4.69, 9.17) is 0 Å². The normalized spacial score (nSPS) is 25.4. The molecule has 2 aliphatic rings. The van der Waals surface area contributed by atoms with Crippen molar-refractivity contribution in [1.82, 2.24) is 10.6 Å². The van der Waals surface area contributed by atoms with Crippen molar-refractivity contribution < 1.29 is 4.79 Å². The molecule has 1 aliphatic carbocycles. The Morgan fingerprint density at radius 1 is 1.40 bits per heavy atom. The molecule has 0 aromatic heterocycles. The molecule has 116 valence electrons. The van der Waals surface area contributed by atoms with Crippen molar-refractivity contribution in [3.8, 4) is 0 Å². The fraction of sp³-hybridized carbons (Fsp3) is 0.750. The van der Waals surface area contributed by atoms with Gasteiger partial charge in [0.05, 0.1) is 12.1 Å². The maximum absolute atomic E-state index is 11.7. The lowest BCUT2D eigenvalue weighted by Gasteiger charge is -2.17. The quantitative estimate of drug-likeness (QED) is 0.832. The van der Waals surface area contributed by atoms with E-state index in [0.29, 0.717) is 18.5 Å². The summed E-state index contributed by atoms with van der Waals surface area (Å²) >= 11 is 0. The standard InChI is InChI=1S/C12H19N3O.2C2H6/c1-8(2)13-6-11(16)15-12-5-10(12)4-9(3)14-7-12;2*1-2/h4,7-8,10,13H,5-6H2,1-3H3,(H,15,16);2*1-2H3. The van der Waals surface area contributed by atoms with Gasteiger partial charge < -0.3 is 10.6 Å². The Morgan fingerprint density at radius 3 is 2.50 bits per heavy atom. The van der Waals surface area contributed by atoms with E-state index in [9.17, 15) is 4.79 Å². The Morgan fingerprint density at radius 2 is 2.00 bits per heavy atom. The molecule has 0 aromatic carbocycles. The smallest absolute Gasteiger partial charge is 0.234 e. The van der Waals surface area contributed by atoms with E-state index < -0.39 is 0 Å². The molecule has 2 unspecified atom stereocenters. The molecule has 0 aromatic rings. The lowest BCUT2D eigenvalue weighted by Crippen LogP contribution is -2.45. The highest BCUT2D eigenvalue weighted by Crippen LogP contribution is 2.45. The second-order valence-corrected chi connectivity index (χ2v) is 5.00. The molecule has 1 saturated carbocycles. The summed E-state index contributed by atoms with van der Waals surface area (Å²) in [6.07, 6.45) is 5.01. The Hall–Kier alpha value is -1.16. The number of hydrogen-bond donors (Lipinski definition) is 2. The zero-order chi connectivity index (χ0) is 15.8. The fourth-order valence-corrected chi connectivity index (χ4v) is 1.99. The molecule has 0 bridgehead atoms. The maximum atomic E-state index is 11.7. The molecule has 1 fully saturated rings. The minimum atomic E-state index is -0.171. The Bertz CT molecular complexity index is 361. The molecule has 0 spiro atoms. The van der Waals surface area contributed by atoms with E-state index in [1.165, 1.54) is 0 Å². The van der Waals surface area contributed by atoms with E-state index in [0.717, 1.165) is 12.1 Å². The second kappa shape index (κ2) is 8.90. The van der Waals surface area contributed by atoms with E-state index in [1.54, 1.807) is 0 Å². The molecule has 1 aliphatic heterocycles. The van der Waals surface area contributed by atoms with Gasteiger partial charge in [0.15, 0.2) is 0 Å². The predicted octanol–water partition coefficient (Wildman–Crippen LogP) is 2.90. The van der Waals surface area contributed by atoms with Gasteiger partial charge >= 0.3 is 0 Å². The van der Waals surface area contributed by atoms with Crippen LogP contribution >= 0.6 is 0 Å². The van der Waals surface area contributed by atoms with Gasteiger partial charge in [-0.05, 0) is 13.3 Å². The van der Waals surface area contributed by atoms with Crippen LogP contribution in [0.1, 0.15) is 54.9 Å². The molecule has 2 rings (SSSR count). The van der Waals surface area contributed by atoms with E-state index in [-0.39, 0.29) is 11.4 Å². The highest BCUT2D eigenvalue weighted by Gasteiger charge is 2.54. The van der Waals surface area contributed by atoms with Crippen LogP contribution < -0.4 is 10.6 Å². The van der Waals surface area contributed by atoms with Gasteiger partial charge in [-0.25, -0.2) is 0 Å². The number of nitrogens with zero attached hydrogens (tertiary/aromatic N) is 1. The molecule has 1 amide bonds. The van der Waals surface area contributed by atoms with Crippen LogP contribution in [0.4, 0.5) is 0 Å². The highest BCUT2D eigenvalue weighted by molar-refractivity contribution is 5.88. The van der Waals surface area contributed by atoms with Gasteiger partial charge in [-0.3, -0.25) is 9.79 Å². The monoisotopic (exact) mass is 281 g/mol. The van der Waals surface area contributed by atoms with Crippen molar-refractivity contribution in [2.24, 2.45) is 10.9 Å². The topological polar surface area (TPSA) is 53.5 Å². The van der Waals surface area contributed by atoms with Crippen molar-refractivity contribution in [2.45, 2.75) is 66.5 Å². The molecule has 1 heterocycles. The summed E-state index contributed by atoms with van der Waals surface area (Å²) in [5, 5.41) is 6.16. The molecular formula is C16H31N3O. The van der Waals surface area contributed by atoms with Gasteiger partial charge in [-0.15, -0.1) is 0 Å². The van der Waals surface area contributed by atoms with E-state index >= 15 is 0 Å². The second-order valence-electron chi connectivity index (χ2n) is 5.00. The summed E-state index contributed by atoms with van der Waals surface area (Å²) in [5.41, 5.74) is 0.877. The van der Waals surface area contributed by atoms with Crippen LogP contribution in [0.2, 0.25) is 0 Å². The molecule has 20 heavy (non-hydrogen) atoms. The molecule has 4 nitrogen and oxygen atoms in total. The summed E-state index contributed by atoms with van der Waals surface area (Å²) in [5.74, 6) is 0.503. The largest absolute Gasteiger partial charge is 0.344 e. The molecular weight excluding hydrogens is 250 g/mol. The summed E-state index contributed by atoms with van der Waals surface area (Å²) in [7, 11) is 0. The molecule has 0 radical (unpaired) electrons. The molecule has 0 saturated heterocycles. The predicted molar refractivity (Wildman–Crippen MR) is 87.1 cm³/mol. The van der Waals surface area contributed by atoms with Crippen LogP contribution in [0.25, 0.3) is 0 Å². The number of nitrogens with one attached hydrogen (secondary N) is 2. The third kappa shape index (κ3) is 5.45. The lowest BCUT2D eigenvalue weighted by molar-refractivity contribution is -0.120. The fourth-order valence-electron chi connectivity index (χ4n) is 1.99. The zero-order valence-electron chi connectivity index (χ0n) is 14.1. The van der Waals surface area contributed by atoms with Crippen LogP contribution in [0, 0.1) is 5.92 Å². The van der Waals surface area contributed by atoms with Crippen molar-refractivity contribution in [2.75, 3.05) is 6.54 Å². The Kier molecular flexibility index (Phi) is 8.39. The van der Waals surface area contributed by atoms with Crippen LogP contribution in [0.3, 0.4) is 0 Å². The lowest BCUT2D eigenvalue weighted by atomic mass is 10.1. The van der Waals surface area contributed by atoms with Crippen LogP contribution in [0.15, 0.2) is 16.8 Å². The average molecular weight is 281 g/mol.